The summed E-state index contributed by atoms with van der Waals surface area (Å²) in [5, 5.41) is 7.34. The Labute approximate surface area is 163 Å². The Morgan fingerprint density at radius 2 is 1.79 bits per heavy atom. The van der Waals surface area contributed by atoms with Gasteiger partial charge in [0.15, 0.2) is 5.13 Å². The highest BCUT2D eigenvalue weighted by molar-refractivity contribution is 7.14. The minimum Gasteiger partial charge on any atom is -0.465 e. The van der Waals surface area contributed by atoms with Gasteiger partial charge in [0, 0.05) is 23.5 Å². The van der Waals surface area contributed by atoms with E-state index in [2.05, 4.69) is 30.3 Å². The molecule has 3 aromatic rings. The molecule has 2 aromatic heterocycles. The highest BCUT2D eigenvalue weighted by Crippen LogP contribution is 2.17. The number of benzene rings is 1. The summed E-state index contributed by atoms with van der Waals surface area (Å²) in [6.45, 7) is 0. The van der Waals surface area contributed by atoms with Gasteiger partial charge in [-0.25, -0.2) is 19.7 Å². The zero-order chi connectivity index (χ0) is 19.9. The summed E-state index contributed by atoms with van der Waals surface area (Å²) in [5.41, 5.74) is 1.45. The zero-order valence-electron chi connectivity index (χ0n) is 14.7. The van der Waals surface area contributed by atoms with Crippen LogP contribution < -0.4 is 10.6 Å². The van der Waals surface area contributed by atoms with E-state index in [0.717, 1.165) is 0 Å². The van der Waals surface area contributed by atoms with Crippen LogP contribution in [0.3, 0.4) is 0 Å². The fraction of sp³-hybridized carbons (Fsp3) is 0.111. The summed E-state index contributed by atoms with van der Waals surface area (Å²) >= 11 is 1.20. The zero-order valence-corrected chi connectivity index (χ0v) is 15.5. The van der Waals surface area contributed by atoms with Crippen LogP contribution in [0.2, 0.25) is 0 Å². The highest BCUT2D eigenvalue weighted by Gasteiger charge is 2.13. The molecule has 0 radical (unpaired) electrons. The third-order valence-electron chi connectivity index (χ3n) is 3.47. The van der Waals surface area contributed by atoms with E-state index in [9.17, 15) is 14.4 Å². The van der Waals surface area contributed by atoms with Gasteiger partial charge in [-0.1, -0.05) is 0 Å². The number of esters is 1. The second-order valence-corrected chi connectivity index (χ2v) is 6.32. The van der Waals surface area contributed by atoms with Gasteiger partial charge >= 0.3 is 5.97 Å². The summed E-state index contributed by atoms with van der Waals surface area (Å²) in [7, 11) is 1.30. The Kier molecular flexibility index (Phi) is 6.02. The Hall–Kier alpha value is -3.66. The van der Waals surface area contributed by atoms with Crippen LogP contribution in [-0.4, -0.2) is 39.8 Å². The Bertz CT molecular complexity index is 989. The predicted octanol–water partition coefficient (Wildman–Crippen LogP) is 2.15. The second kappa shape index (κ2) is 8.82. The number of nitrogens with one attached hydrogen (secondary N) is 2. The van der Waals surface area contributed by atoms with Crippen LogP contribution in [0, 0.1) is 0 Å². The molecule has 9 nitrogen and oxygen atoms in total. The topological polar surface area (TPSA) is 123 Å². The van der Waals surface area contributed by atoms with Crippen LogP contribution in [0.5, 0.6) is 0 Å². The molecule has 3 rings (SSSR count). The minimum absolute atomic E-state index is 0.0346. The van der Waals surface area contributed by atoms with Crippen molar-refractivity contribution < 1.29 is 19.1 Å². The Morgan fingerprint density at radius 3 is 2.46 bits per heavy atom. The van der Waals surface area contributed by atoms with Gasteiger partial charge in [0.05, 0.1) is 24.8 Å². The molecular formula is C18H15N5O4S. The molecule has 0 aliphatic rings. The number of rotatable bonds is 6. The summed E-state index contributed by atoms with van der Waals surface area (Å²) < 4.78 is 4.62. The molecule has 0 spiro atoms. The predicted molar refractivity (Wildman–Crippen MR) is 102 cm³/mol. The third-order valence-corrected chi connectivity index (χ3v) is 4.28. The monoisotopic (exact) mass is 397 g/mol. The number of nitrogens with zero attached hydrogens (tertiary/aromatic N) is 3. The van der Waals surface area contributed by atoms with E-state index in [4.69, 9.17) is 0 Å². The fourth-order valence-electron chi connectivity index (χ4n) is 2.19. The summed E-state index contributed by atoms with van der Waals surface area (Å²) in [5.74, 6) is -1.17. The number of thiazole rings is 1. The van der Waals surface area contributed by atoms with Crippen LogP contribution in [0.4, 0.5) is 10.8 Å². The van der Waals surface area contributed by atoms with Gasteiger partial charge in [-0.3, -0.25) is 14.9 Å². The summed E-state index contributed by atoms with van der Waals surface area (Å²) in [4.78, 5) is 47.5. The van der Waals surface area contributed by atoms with Crippen molar-refractivity contribution in [2.75, 3.05) is 17.7 Å². The van der Waals surface area contributed by atoms with Gasteiger partial charge in [0.1, 0.15) is 0 Å². The lowest BCUT2D eigenvalue weighted by Gasteiger charge is -2.05. The summed E-state index contributed by atoms with van der Waals surface area (Å²) in [6, 6.07) is 7.94. The first-order chi connectivity index (χ1) is 13.5. The van der Waals surface area contributed by atoms with E-state index in [0.29, 0.717) is 22.1 Å². The lowest BCUT2D eigenvalue weighted by atomic mass is 10.2. The standard InChI is InChI=1S/C18H15N5O4S/c1-27-17(26)11-3-5-12(6-4-11)21-14(24)9-13-10-28-18(22-13)23-16(25)15-19-7-2-8-20-15/h2-8,10H,9H2,1H3,(H,21,24)(H,22,23,25). The number of carbonyl (C=O) groups is 3. The summed E-state index contributed by atoms with van der Waals surface area (Å²) in [6.07, 6.45) is 2.97. The number of carbonyl (C=O) groups excluding carboxylic acids is 3. The van der Waals surface area contributed by atoms with Crippen LogP contribution >= 0.6 is 11.3 Å². The normalized spacial score (nSPS) is 10.2. The number of ether oxygens (including phenoxy) is 1. The number of methoxy groups -OCH3 is 1. The highest BCUT2D eigenvalue weighted by atomic mass is 32.1. The molecule has 0 aliphatic heterocycles. The van der Waals surface area contributed by atoms with Gasteiger partial charge in [-0.2, -0.15) is 0 Å². The molecular weight excluding hydrogens is 382 g/mol. The maximum atomic E-state index is 12.2. The van der Waals surface area contributed by atoms with Crippen molar-refractivity contribution in [2.45, 2.75) is 6.42 Å². The van der Waals surface area contributed by atoms with Gasteiger partial charge in [0.25, 0.3) is 5.91 Å². The molecule has 28 heavy (non-hydrogen) atoms. The average Bonchev–Trinajstić information content (AvgIpc) is 3.15. The largest absolute Gasteiger partial charge is 0.465 e. The second-order valence-electron chi connectivity index (χ2n) is 5.46. The van der Waals surface area contributed by atoms with Crippen LogP contribution in [0.25, 0.3) is 0 Å². The van der Waals surface area contributed by atoms with E-state index in [1.54, 1.807) is 35.7 Å². The third kappa shape index (κ3) is 4.95. The molecule has 142 valence electrons. The first kappa shape index (κ1) is 19.1. The molecule has 2 N–H and O–H groups in total. The fourth-order valence-corrected chi connectivity index (χ4v) is 2.90. The van der Waals surface area contributed by atoms with Crippen molar-refractivity contribution in [3.63, 3.8) is 0 Å². The average molecular weight is 397 g/mol. The van der Waals surface area contributed by atoms with Gasteiger partial charge in [-0.15, -0.1) is 11.3 Å². The maximum absolute atomic E-state index is 12.2. The van der Waals surface area contributed by atoms with Gasteiger partial charge < -0.3 is 10.1 Å². The number of hydrogen-bond donors (Lipinski definition) is 2. The molecule has 0 unspecified atom stereocenters. The molecule has 10 heteroatoms. The van der Waals surface area contributed by atoms with Crippen molar-refractivity contribution in [1.82, 2.24) is 15.0 Å². The van der Waals surface area contributed by atoms with Crippen LogP contribution in [-0.2, 0) is 16.0 Å². The number of aromatic nitrogens is 3. The smallest absolute Gasteiger partial charge is 0.337 e. The van der Waals surface area contributed by atoms with E-state index in [1.807, 2.05) is 0 Å². The molecule has 2 amide bonds. The van der Waals surface area contributed by atoms with Crippen molar-refractivity contribution in [3.05, 3.63) is 65.2 Å². The molecule has 1 aromatic carbocycles. The molecule has 0 atom stereocenters. The van der Waals surface area contributed by atoms with Crippen molar-refractivity contribution >= 4 is 39.9 Å². The van der Waals surface area contributed by atoms with Crippen LogP contribution in [0.15, 0.2) is 48.1 Å². The van der Waals surface area contributed by atoms with E-state index in [1.165, 1.54) is 30.8 Å². The minimum atomic E-state index is -0.475. The maximum Gasteiger partial charge on any atom is 0.337 e. The van der Waals surface area contributed by atoms with Gasteiger partial charge in [-0.05, 0) is 30.3 Å². The number of amides is 2. The number of hydrogen-bond acceptors (Lipinski definition) is 8. The van der Waals surface area contributed by atoms with E-state index >= 15 is 0 Å². The quantitative estimate of drug-likeness (QED) is 0.611. The van der Waals surface area contributed by atoms with Crippen LogP contribution in [0.1, 0.15) is 26.7 Å². The van der Waals surface area contributed by atoms with E-state index < -0.39 is 11.9 Å². The molecule has 0 aliphatic carbocycles. The molecule has 0 saturated carbocycles. The van der Waals surface area contributed by atoms with Crippen molar-refractivity contribution in [2.24, 2.45) is 0 Å². The first-order valence-corrected chi connectivity index (χ1v) is 8.94. The molecule has 0 fully saturated rings. The van der Waals surface area contributed by atoms with Gasteiger partial charge in [0.2, 0.25) is 11.7 Å². The Morgan fingerprint density at radius 1 is 1.07 bits per heavy atom. The lowest BCUT2D eigenvalue weighted by Crippen LogP contribution is -2.16. The number of anilines is 2. The molecule has 2 heterocycles. The molecule has 0 bridgehead atoms. The van der Waals surface area contributed by atoms with E-state index in [-0.39, 0.29) is 18.2 Å². The SMILES string of the molecule is COC(=O)c1ccc(NC(=O)Cc2csc(NC(=O)c3ncccn3)n2)cc1. The van der Waals surface area contributed by atoms with Crippen molar-refractivity contribution in [3.8, 4) is 0 Å². The first-order valence-electron chi connectivity index (χ1n) is 8.06. The van der Waals surface area contributed by atoms with Crippen molar-refractivity contribution in [1.29, 1.82) is 0 Å². The lowest BCUT2D eigenvalue weighted by molar-refractivity contribution is -0.115. The Balaban J connectivity index is 1.55. The molecule has 0 saturated heterocycles.